The normalized spacial score (nSPS) is 21.6. The first-order valence-electron chi connectivity index (χ1n) is 7.15. The van der Waals surface area contributed by atoms with Crippen LogP contribution < -0.4 is 0 Å². The van der Waals surface area contributed by atoms with Gasteiger partial charge in [-0.1, -0.05) is 48.5 Å². The van der Waals surface area contributed by atoms with E-state index in [2.05, 4.69) is 12.1 Å². The van der Waals surface area contributed by atoms with Crippen molar-refractivity contribution in [1.29, 1.82) is 0 Å². The Morgan fingerprint density at radius 1 is 0.900 bits per heavy atom. The van der Waals surface area contributed by atoms with E-state index in [4.69, 9.17) is 4.74 Å². The van der Waals surface area contributed by atoms with Crippen molar-refractivity contribution in [3.63, 3.8) is 0 Å². The Labute approximate surface area is 119 Å². The molecule has 1 aliphatic rings. The zero-order chi connectivity index (χ0) is 13.8. The molecule has 20 heavy (non-hydrogen) atoms. The summed E-state index contributed by atoms with van der Waals surface area (Å²) in [5.41, 5.74) is 1.90. The molecule has 0 aromatic heterocycles. The predicted octanol–water partition coefficient (Wildman–Crippen LogP) is 4.18. The molecule has 2 heteroatoms. The molecule has 1 aliphatic carbocycles. The van der Waals surface area contributed by atoms with Crippen molar-refractivity contribution in [3.05, 3.63) is 71.8 Å². The summed E-state index contributed by atoms with van der Waals surface area (Å²) in [4.78, 5) is 12.2. The minimum atomic E-state index is -0.210. The number of rotatable bonds is 3. The average Bonchev–Trinajstić information content (AvgIpc) is 2.97. The molecule has 0 N–H and O–H groups in total. The molecule has 3 rings (SSSR count). The first-order chi connectivity index (χ1) is 9.84. The van der Waals surface area contributed by atoms with Crippen molar-refractivity contribution in [2.45, 2.75) is 31.3 Å². The number of benzene rings is 2. The highest BCUT2D eigenvalue weighted by Crippen LogP contribution is 2.36. The molecule has 1 fully saturated rings. The first kappa shape index (κ1) is 12.9. The monoisotopic (exact) mass is 266 g/mol. The van der Waals surface area contributed by atoms with Gasteiger partial charge >= 0.3 is 5.97 Å². The lowest BCUT2D eigenvalue weighted by Gasteiger charge is -2.20. The summed E-state index contributed by atoms with van der Waals surface area (Å²) in [5, 5.41) is 0. The van der Waals surface area contributed by atoms with Crippen LogP contribution in [0.4, 0.5) is 0 Å². The summed E-state index contributed by atoms with van der Waals surface area (Å²) in [6.45, 7) is 0. The summed E-state index contributed by atoms with van der Waals surface area (Å²) in [6.07, 6.45) is 3.17. The van der Waals surface area contributed by atoms with Crippen molar-refractivity contribution in [3.8, 4) is 0 Å². The lowest BCUT2D eigenvalue weighted by molar-refractivity contribution is 0.0279. The van der Waals surface area contributed by atoms with E-state index >= 15 is 0 Å². The van der Waals surface area contributed by atoms with Gasteiger partial charge < -0.3 is 4.74 Å². The van der Waals surface area contributed by atoms with Gasteiger partial charge in [0.1, 0.15) is 6.10 Å². The lowest BCUT2D eigenvalue weighted by atomic mass is 9.96. The zero-order valence-electron chi connectivity index (χ0n) is 11.4. The largest absolute Gasteiger partial charge is 0.458 e. The topological polar surface area (TPSA) is 26.3 Å². The van der Waals surface area contributed by atoms with Crippen LogP contribution in [0.1, 0.15) is 41.1 Å². The predicted molar refractivity (Wildman–Crippen MR) is 78.7 cm³/mol. The highest BCUT2D eigenvalue weighted by Gasteiger charge is 2.31. The molecule has 0 spiro atoms. The van der Waals surface area contributed by atoms with Crippen LogP contribution in [0.15, 0.2) is 60.7 Å². The average molecular weight is 266 g/mol. The van der Waals surface area contributed by atoms with E-state index in [0.29, 0.717) is 11.5 Å². The minimum absolute atomic E-state index is 0.00473. The Morgan fingerprint density at radius 3 is 2.25 bits per heavy atom. The molecule has 0 amide bonds. The van der Waals surface area contributed by atoms with E-state index in [0.717, 1.165) is 19.3 Å². The van der Waals surface area contributed by atoms with Gasteiger partial charge in [-0.2, -0.15) is 0 Å². The summed E-state index contributed by atoms with van der Waals surface area (Å²) in [5.74, 6) is 0.127. The van der Waals surface area contributed by atoms with E-state index in [-0.39, 0.29) is 12.1 Å². The molecule has 1 saturated carbocycles. The maximum atomic E-state index is 12.2. The van der Waals surface area contributed by atoms with Gasteiger partial charge in [-0.25, -0.2) is 4.79 Å². The van der Waals surface area contributed by atoms with Crippen molar-refractivity contribution in [2.24, 2.45) is 0 Å². The molecule has 2 aromatic rings. The summed E-state index contributed by atoms with van der Waals surface area (Å²) >= 11 is 0. The number of hydrogen-bond donors (Lipinski definition) is 0. The van der Waals surface area contributed by atoms with Crippen LogP contribution >= 0.6 is 0 Å². The maximum absolute atomic E-state index is 12.2. The van der Waals surface area contributed by atoms with Gasteiger partial charge in [0.2, 0.25) is 0 Å². The fourth-order valence-electron chi connectivity index (χ4n) is 2.93. The Balaban J connectivity index is 1.72. The maximum Gasteiger partial charge on any atom is 0.338 e. The first-order valence-corrected chi connectivity index (χ1v) is 7.15. The molecule has 0 saturated heterocycles. The standard InChI is InChI=1S/C18H18O2/c19-18(15-10-5-2-6-11-15)20-17-13-7-12-16(17)14-8-3-1-4-9-14/h1-6,8-11,16-17H,7,12-13H2/t16-,17-/m1/s1. The van der Waals surface area contributed by atoms with Gasteiger partial charge in [-0.15, -0.1) is 0 Å². The van der Waals surface area contributed by atoms with Crippen molar-refractivity contribution in [2.75, 3.05) is 0 Å². The van der Waals surface area contributed by atoms with Crippen LogP contribution in [0.5, 0.6) is 0 Å². The number of hydrogen-bond acceptors (Lipinski definition) is 2. The fraction of sp³-hybridized carbons (Fsp3) is 0.278. The van der Waals surface area contributed by atoms with E-state index in [1.807, 2.05) is 36.4 Å². The van der Waals surface area contributed by atoms with Crippen LogP contribution in [0.3, 0.4) is 0 Å². The second kappa shape index (κ2) is 5.91. The van der Waals surface area contributed by atoms with Crippen LogP contribution in [0.25, 0.3) is 0 Å². The smallest absolute Gasteiger partial charge is 0.338 e. The lowest BCUT2D eigenvalue weighted by Crippen LogP contribution is -2.21. The molecule has 0 radical (unpaired) electrons. The van der Waals surface area contributed by atoms with E-state index < -0.39 is 0 Å². The molecule has 0 heterocycles. The second-order valence-electron chi connectivity index (χ2n) is 5.26. The van der Waals surface area contributed by atoms with Crippen LogP contribution in [-0.4, -0.2) is 12.1 Å². The molecule has 2 aromatic carbocycles. The molecular formula is C18H18O2. The molecule has 2 atom stereocenters. The Bertz CT molecular complexity index is 562. The Morgan fingerprint density at radius 2 is 1.55 bits per heavy atom. The molecular weight excluding hydrogens is 248 g/mol. The number of carbonyl (C=O) groups excluding carboxylic acids is 1. The third-order valence-corrected chi connectivity index (χ3v) is 3.95. The molecule has 102 valence electrons. The third kappa shape index (κ3) is 2.74. The van der Waals surface area contributed by atoms with Crippen molar-refractivity contribution in [1.82, 2.24) is 0 Å². The van der Waals surface area contributed by atoms with Crippen molar-refractivity contribution >= 4 is 5.97 Å². The summed E-state index contributed by atoms with van der Waals surface area (Å²) in [6, 6.07) is 19.6. The van der Waals surface area contributed by atoms with Gasteiger partial charge in [-0.05, 0) is 37.0 Å². The number of carbonyl (C=O) groups is 1. The van der Waals surface area contributed by atoms with Gasteiger partial charge in [0, 0.05) is 5.92 Å². The highest BCUT2D eigenvalue weighted by molar-refractivity contribution is 5.89. The van der Waals surface area contributed by atoms with Gasteiger partial charge in [0.25, 0.3) is 0 Å². The Hall–Kier alpha value is -2.09. The summed E-state index contributed by atoms with van der Waals surface area (Å²) in [7, 11) is 0. The quantitative estimate of drug-likeness (QED) is 0.779. The van der Waals surface area contributed by atoms with Crippen LogP contribution in [0, 0.1) is 0 Å². The number of esters is 1. The van der Waals surface area contributed by atoms with Gasteiger partial charge in [-0.3, -0.25) is 0 Å². The molecule has 0 bridgehead atoms. The van der Waals surface area contributed by atoms with Crippen LogP contribution in [-0.2, 0) is 4.74 Å². The summed E-state index contributed by atoms with van der Waals surface area (Å²) < 4.78 is 5.73. The van der Waals surface area contributed by atoms with Gasteiger partial charge in [0.15, 0.2) is 0 Å². The van der Waals surface area contributed by atoms with E-state index in [9.17, 15) is 4.79 Å². The third-order valence-electron chi connectivity index (χ3n) is 3.95. The Kier molecular flexibility index (Phi) is 3.82. The number of ether oxygens (including phenoxy) is 1. The fourth-order valence-corrected chi connectivity index (χ4v) is 2.93. The highest BCUT2D eigenvalue weighted by atomic mass is 16.5. The second-order valence-corrected chi connectivity index (χ2v) is 5.26. The zero-order valence-corrected chi connectivity index (χ0v) is 11.4. The SMILES string of the molecule is O=C(O[C@@H]1CCC[C@@H]1c1ccccc1)c1ccccc1. The van der Waals surface area contributed by atoms with Crippen molar-refractivity contribution < 1.29 is 9.53 Å². The van der Waals surface area contributed by atoms with Gasteiger partial charge in [0.05, 0.1) is 5.56 Å². The minimum Gasteiger partial charge on any atom is -0.458 e. The molecule has 0 aliphatic heterocycles. The van der Waals surface area contributed by atoms with E-state index in [1.54, 1.807) is 12.1 Å². The molecule has 0 unspecified atom stereocenters. The van der Waals surface area contributed by atoms with Crippen LogP contribution in [0.2, 0.25) is 0 Å². The molecule has 2 nitrogen and oxygen atoms in total. The van der Waals surface area contributed by atoms with E-state index in [1.165, 1.54) is 5.56 Å².